The summed E-state index contributed by atoms with van der Waals surface area (Å²) < 4.78 is 0. The van der Waals surface area contributed by atoms with Crippen LogP contribution in [-0.2, 0) is 38.5 Å². The first kappa shape index (κ1) is 26.0. The van der Waals surface area contributed by atoms with Crippen molar-refractivity contribution >= 4 is 34.2 Å². The fourth-order valence-electron chi connectivity index (χ4n) is 6.15. The standard InChI is InChI=1S/C39H35N3/c1-4-10-28(11-5-1)16-19-31-34-22-24-36(40-34)32(20-17-29-12-6-2-7-13-29)38-26-27-39(42-38)33(37-25-23-35(31)41-37)21-18-30-14-8-3-9-15-30/h1-15,22-27,40-41H,16-21H2. The molecule has 3 nitrogen and oxygen atoms in total. The van der Waals surface area contributed by atoms with E-state index in [2.05, 4.69) is 137 Å². The number of nitrogens with zero attached hydrogens (tertiary/aromatic N) is 1. The number of benzene rings is 3. The zero-order valence-electron chi connectivity index (χ0n) is 23.8. The molecule has 6 bridgehead atoms. The average molecular weight is 546 g/mol. The smallest absolute Gasteiger partial charge is 0.0690 e. The van der Waals surface area contributed by atoms with Crippen LogP contribution < -0.4 is 0 Å². The van der Waals surface area contributed by atoms with Gasteiger partial charge >= 0.3 is 0 Å². The Morgan fingerprint density at radius 2 is 0.690 bits per heavy atom. The summed E-state index contributed by atoms with van der Waals surface area (Å²) in [6.07, 6.45) is 10.1. The fraction of sp³-hybridized carbons (Fsp3) is 0.154. The van der Waals surface area contributed by atoms with Crippen LogP contribution in [0.25, 0.3) is 34.2 Å². The zero-order valence-corrected chi connectivity index (χ0v) is 23.8. The molecule has 42 heavy (non-hydrogen) atoms. The van der Waals surface area contributed by atoms with Crippen molar-refractivity contribution in [2.24, 2.45) is 0 Å². The monoisotopic (exact) mass is 545 g/mol. The molecule has 0 unspecified atom stereocenters. The largest absolute Gasteiger partial charge is 0.355 e. The molecule has 0 amide bonds. The third kappa shape index (κ3) is 5.64. The molecular formula is C39H35N3. The lowest BCUT2D eigenvalue weighted by molar-refractivity contribution is 0.943. The second-order valence-electron chi connectivity index (χ2n) is 11.2. The number of hydrogen-bond acceptors (Lipinski definition) is 1. The van der Waals surface area contributed by atoms with Crippen LogP contribution in [0.4, 0.5) is 0 Å². The molecule has 6 aromatic rings. The highest BCUT2D eigenvalue weighted by atomic mass is 14.8. The minimum atomic E-state index is 0.919. The molecule has 7 rings (SSSR count). The van der Waals surface area contributed by atoms with Crippen molar-refractivity contribution in [1.82, 2.24) is 15.0 Å². The number of aryl methyl sites for hydroxylation is 6. The number of hydrogen-bond donors (Lipinski definition) is 2. The van der Waals surface area contributed by atoms with E-state index in [-0.39, 0.29) is 0 Å². The Labute approximate surface area is 247 Å². The van der Waals surface area contributed by atoms with Gasteiger partial charge in [0, 0.05) is 33.2 Å². The molecule has 3 heteroatoms. The summed E-state index contributed by atoms with van der Waals surface area (Å²) in [4.78, 5) is 12.9. The maximum atomic E-state index is 5.27. The molecule has 3 aromatic heterocycles. The van der Waals surface area contributed by atoms with Crippen molar-refractivity contribution < 1.29 is 0 Å². The second-order valence-corrected chi connectivity index (χ2v) is 11.2. The molecule has 0 saturated carbocycles. The van der Waals surface area contributed by atoms with Crippen LogP contribution in [0.5, 0.6) is 0 Å². The lowest BCUT2D eigenvalue weighted by Crippen LogP contribution is -1.98. The van der Waals surface area contributed by atoms with E-state index in [1.165, 1.54) is 44.4 Å². The molecule has 206 valence electrons. The molecule has 3 aromatic carbocycles. The first-order valence-electron chi connectivity index (χ1n) is 15.0. The van der Waals surface area contributed by atoms with Crippen molar-refractivity contribution in [3.8, 4) is 0 Å². The number of aromatic amines is 2. The number of nitrogens with one attached hydrogen (secondary N) is 2. The van der Waals surface area contributed by atoms with Gasteiger partial charge in [0.1, 0.15) is 0 Å². The van der Waals surface area contributed by atoms with E-state index in [0.29, 0.717) is 0 Å². The van der Waals surface area contributed by atoms with Crippen LogP contribution in [0.3, 0.4) is 0 Å². The Balaban J connectivity index is 1.38. The van der Waals surface area contributed by atoms with Crippen LogP contribution >= 0.6 is 0 Å². The summed E-state index contributed by atoms with van der Waals surface area (Å²) in [5.41, 5.74) is 14.7. The highest BCUT2D eigenvalue weighted by Gasteiger charge is 2.15. The molecule has 4 heterocycles. The molecule has 0 saturated heterocycles. The second kappa shape index (κ2) is 11.9. The first-order valence-corrected chi connectivity index (χ1v) is 15.0. The number of fused-ring (bicyclic) bond motifs is 6. The lowest BCUT2D eigenvalue weighted by Gasteiger charge is -2.07. The Morgan fingerprint density at radius 3 is 1.07 bits per heavy atom. The molecule has 2 N–H and O–H groups in total. The van der Waals surface area contributed by atoms with E-state index >= 15 is 0 Å². The normalized spacial score (nSPS) is 11.8. The van der Waals surface area contributed by atoms with Gasteiger partial charge in [-0.2, -0.15) is 0 Å². The Hall–Kier alpha value is -4.89. The van der Waals surface area contributed by atoms with Gasteiger partial charge in [-0.1, -0.05) is 91.0 Å². The third-order valence-corrected chi connectivity index (χ3v) is 8.45. The molecule has 1 aliphatic rings. The first-order chi connectivity index (χ1) is 20.8. The van der Waals surface area contributed by atoms with Gasteiger partial charge in [0.25, 0.3) is 0 Å². The summed E-state index contributed by atoms with van der Waals surface area (Å²) in [6.45, 7) is 0. The maximum absolute atomic E-state index is 5.27. The fourth-order valence-corrected chi connectivity index (χ4v) is 6.15. The van der Waals surface area contributed by atoms with Crippen molar-refractivity contribution in [3.63, 3.8) is 0 Å². The zero-order chi connectivity index (χ0) is 28.1. The summed E-state index contributed by atoms with van der Waals surface area (Å²) in [5, 5.41) is 0. The molecule has 0 spiro atoms. The number of H-pyrrole nitrogens is 2. The topological polar surface area (TPSA) is 44.5 Å². The van der Waals surface area contributed by atoms with Crippen LogP contribution in [0.15, 0.2) is 115 Å². The van der Waals surface area contributed by atoms with Gasteiger partial charge in [0.05, 0.1) is 11.4 Å². The van der Waals surface area contributed by atoms with Gasteiger partial charge in [-0.3, -0.25) is 0 Å². The summed E-state index contributed by atoms with van der Waals surface area (Å²) in [7, 11) is 0. The van der Waals surface area contributed by atoms with E-state index in [4.69, 9.17) is 4.98 Å². The van der Waals surface area contributed by atoms with Crippen molar-refractivity contribution in [2.75, 3.05) is 0 Å². The highest BCUT2D eigenvalue weighted by Crippen LogP contribution is 2.28. The van der Waals surface area contributed by atoms with Gasteiger partial charge in [-0.05, 0) is 97.2 Å². The maximum Gasteiger partial charge on any atom is 0.0690 e. The van der Waals surface area contributed by atoms with Crippen molar-refractivity contribution in [1.29, 1.82) is 0 Å². The highest BCUT2D eigenvalue weighted by molar-refractivity contribution is 5.82. The minimum Gasteiger partial charge on any atom is -0.355 e. The van der Waals surface area contributed by atoms with Crippen LogP contribution in [0.2, 0.25) is 0 Å². The summed E-state index contributed by atoms with van der Waals surface area (Å²) in [5.74, 6) is 0. The number of aromatic nitrogens is 3. The van der Waals surface area contributed by atoms with Crippen LogP contribution in [0, 0.1) is 0 Å². The van der Waals surface area contributed by atoms with Crippen molar-refractivity contribution in [3.05, 3.63) is 160 Å². The predicted molar refractivity (Wildman–Crippen MR) is 176 cm³/mol. The average Bonchev–Trinajstić information content (AvgIpc) is 3.82. The van der Waals surface area contributed by atoms with E-state index < -0.39 is 0 Å². The Morgan fingerprint density at radius 1 is 0.357 bits per heavy atom. The van der Waals surface area contributed by atoms with Gasteiger partial charge in [-0.25, -0.2) is 4.98 Å². The number of rotatable bonds is 9. The third-order valence-electron chi connectivity index (χ3n) is 8.45. The molecule has 1 aliphatic heterocycles. The van der Waals surface area contributed by atoms with Gasteiger partial charge in [-0.15, -0.1) is 0 Å². The molecule has 0 radical (unpaired) electrons. The van der Waals surface area contributed by atoms with Crippen LogP contribution in [-0.4, -0.2) is 15.0 Å². The summed E-state index contributed by atoms with van der Waals surface area (Å²) in [6, 6.07) is 41.3. The van der Waals surface area contributed by atoms with Crippen molar-refractivity contribution in [2.45, 2.75) is 38.5 Å². The lowest BCUT2D eigenvalue weighted by atomic mass is 10.0. The molecule has 0 aliphatic carbocycles. The van der Waals surface area contributed by atoms with E-state index in [1.807, 2.05) is 0 Å². The Bertz CT molecular complexity index is 1790. The molecule has 0 atom stereocenters. The van der Waals surface area contributed by atoms with E-state index in [1.54, 1.807) is 0 Å². The van der Waals surface area contributed by atoms with E-state index in [0.717, 1.165) is 60.9 Å². The van der Waals surface area contributed by atoms with Gasteiger partial charge in [0.2, 0.25) is 0 Å². The Kier molecular flexibility index (Phi) is 7.39. The SMILES string of the molecule is C1=Cc2nc1c(CCc1ccccc1)c1ccc([nH]1)c(CCc1ccccc1)c1ccc([nH]1)c2CCc1ccccc1. The predicted octanol–water partition coefficient (Wildman–Crippen LogP) is 9.01. The van der Waals surface area contributed by atoms with E-state index in [9.17, 15) is 0 Å². The van der Waals surface area contributed by atoms with Gasteiger partial charge in [0.15, 0.2) is 0 Å². The van der Waals surface area contributed by atoms with Crippen LogP contribution in [0.1, 0.15) is 44.8 Å². The molecular weight excluding hydrogens is 510 g/mol. The molecule has 0 fully saturated rings. The summed E-state index contributed by atoms with van der Waals surface area (Å²) >= 11 is 0. The quantitative estimate of drug-likeness (QED) is 0.187. The minimum absolute atomic E-state index is 0.919. The van der Waals surface area contributed by atoms with Gasteiger partial charge < -0.3 is 9.97 Å².